The first-order valence-corrected chi connectivity index (χ1v) is 13.4. The van der Waals surface area contributed by atoms with Gasteiger partial charge in [-0.15, -0.1) is 0 Å². The van der Waals surface area contributed by atoms with Crippen LogP contribution in [0.2, 0.25) is 0 Å². The summed E-state index contributed by atoms with van der Waals surface area (Å²) in [6, 6.07) is 0. The van der Waals surface area contributed by atoms with Crippen molar-refractivity contribution in [3.8, 4) is 0 Å². The molecule has 1 saturated heterocycles. The van der Waals surface area contributed by atoms with Gasteiger partial charge in [0.15, 0.2) is 17.7 Å². The van der Waals surface area contributed by atoms with Gasteiger partial charge < -0.3 is 25.4 Å². The van der Waals surface area contributed by atoms with Gasteiger partial charge in [-0.05, 0) is 6.42 Å². The molecule has 2 aromatic rings. The molecule has 1 aliphatic heterocycles. The average Bonchev–Trinajstić information content (AvgIpc) is 3.38. The molecule has 1 amide bonds. The Morgan fingerprint density at radius 3 is 2.61 bits per heavy atom. The number of nitrogens with one attached hydrogen (secondary N) is 1. The fraction of sp³-hybridized carbons (Fsp3) is 0.714. The fourth-order valence-electron chi connectivity index (χ4n) is 3.83. The number of hydrogen-bond acceptors (Lipinski definition) is 12. The number of unbranched alkanes of at least 4 members (excludes halogenated alkanes) is 6. The van der Waals surface area contributed by atoms with Gasteiger partial charge in [0.2, 0.25) is 0 Å². The zero-order chi connectivity index (χ0) is 26.1. The van der Waals surface area contributed by atoms with Crippen molar-refractivity contribution >= 4 is 33.2 Å². The number of carbonyl (C=O) groups excluding carboxylic acids is 1. The van der Waals surface area contributed by atoms with Crippen LogP contribution in [0.3, 0.4) is 0 Å². The predicted molar refractivity (Wildman–Crippen MR) is 127 cm³/mol. The lowest BCUT2D eigenvalue weighted by atomic mass is 10.1. The third-order valence-corrected chi connectivity index (χ3v) is 6.67. The lowest BCUT2D eigenvalue weighted by Gasteiger charge is -2.16. The molecule has 0 spiro atoms. The summed E-state index contributed by atoms with van der Waals surface area (Å²) in [7, 11) is -4.49. The fourth-order valence-corrected chi connectivity index (χ4v) is 4.54. The van der Waals surface area contributed by atoms with Crippen LogP contribution in [0, 0.1) is 0 Å². The zero-order valence-corrected chi connectivity index (χ0v) is 21.0. The standard InChI is InChI=1S/C21H34N6O8S/c1-2-3-4-5-6-7-8-9-33-11-15(28)26-36(31,32)34-10-14-17(29)18(30)21(35-14)27-13-25-16-19(22)23-12-24-20(16)27/h12-14,17-18,21,29-30H,2-11H2,1H3,(H,26,28)(H2,22,23,24)/t14-,17-,18-,21-/m1/s1. The van der Waals surface area contributed by atoms with Crippen LogP contribution < -0.4 is 10.5 Å². The predicted octanol–water partition coefficient (Wildman–Crippen LogP) is 0.173. The van der Waals surface area contributed by atoms with Crippen molar-refractivity contribution in [3.63, 3.8) is 0 Å². The normalized spacial score (nSPS) is 22.3. The van der Waals surface area contributed by atoms with E-state index >= 15 is 0 Å². The summed E-state index contributed by atoms with van der Waals surface area (Å²) < 4.78 is 42.9. The summed E-state index contributed by atoms with van der Waals surface area (Å²) in [6.45, 7) is 1.43. The van der Waals surface area contributed by atoms with Gasteiger partial charge in [-0.1, -0.05) is 45.4 Å². The van der Waals surface area contributed by atoms with Crippen LogP contribution in [0.4, 0.5) is 5.82 Å². The molecule has 0 aromatic carbocycles. The van der Waals surface area contributed by atoms with E-state index in [0.29, 0.717) is 6.61 Å². The molecular weight excluding hydrogens is 496 g/mol. The first-order valence-electron chi connectivity index (χ1n) is 12.0. The van der Waals surface area contributed by atoms with Crippen molar-refractivity contribution in [1.29, 1.82) is 0 Å². The molecule has 2 aromatic heterocycles. The quantitative estimate of drug-likeness (QED) is 0.228. The Balaban J connectivity index is 1.41. The smallest absolute Gasteiger partial charge is 0.362 e. The molecule has 3 heterocycles. The van der Waals surface area contributed by atoms with Gasteiger partial charge in [0.25, 0.3) is 5.91 Å². The Morgan fingerprint density at radius 2 is 1.86 bits per heavy atom. The molecule has 14 nitrogen and oxygen atoms in total. The minimum Gasteiger partial charge on any atom is -0.387 e. The maximum atomic E-state index is 12.1. The molecule has 202 valence electrons. The van der Waals surface area contributed by atoms with Crippen molar-refractivity contribution in [2.45, 2.75) is 76.4 Å². The number of hydrogen-bond donors (Lipinski definition) is 4. The number of anilines is 1. The minimum atomic E-state index is -4.49. The highest BCUT2D eigenvalue weighted by Gasteiger charge is 2.45. The monoisotopic (exact) mass is 530 g/mol. The number of nitrogens with zero attached hydrogens (tertiary/aromatic N) is 4. The number of fused-ring (bicyclic) bond motifs is 1. The topological polar surface area (TPSA) is 201 Å². The number of ether oxygens (including phenoxy) is 2. The lowest BCUT2D eigenvalue weighted by Crippen LogP contribution is -2.39. The molecule has 15 heteroatoms. The molecule has 1 fully saturated rings. The molecular formula is C21H34N6O8S. The molecule has 4 atom stereocenters. The summed E-state index contributed by atoms with van der Waals surface area (Å²) in [5.41, 5.74) is 6.30. The Kier molecular flexibility index (Phi) is 10.3. The maximum absolute atomic E-state index is 12.1. The second-order valence-electron chi connectivity index (χ2n) is 8.57. The number of rotatable bonds is 15. The SMILES string of the molecule is CCCCCCCCCOCC(=O)NS(=O)(=O)OC[C@H]1O[C@@H](n2cnc3c(N)ncnc32)[C@H](O)[C@@H]1O. The summed E-state index contributed by atoms with van der Waals surface area (Å²) in [5, 5.41) is 20.8. The Bertz CT molecular complexity index is 1100. The average molecular weight is 531 g/mol. The Hall–Kier alpha value is -2.43. The van der Waals surface area contributed by atoms with Crippen molar-refractivity contribution in [2.75, 3.05) is 25.6 Å². The van der Waals surface area contributed by atoms with E-state index in [2.05, 4.69) is 21.9 Å². The number of aromatic nitrogens is 4. The molecule has 5 N–H and O–H groups in total. The number of aliphatic hydroxyl groups excluding tert-OH is 2. The van der Waals surface area contributed by atoms with Crippen LogP contribution in [0.15, 0.2) is 12.7 Å². The third kappa shape index (κ3) is 7.54. The molecule has 0 aliphatic carbocycles. The number of imidazole rings is 1. The maximum Gasteiger partial charge on any atom is 0.362 e. The highest BCUT2D eigenvalue weighted by molar-refractivity contribution is 7.85. The zero-order valence-electron chi connectivity index (χ0n) is 20.2. The summed E-state index contributed by atoms with van der Waals surface area (Å²) >= 11 is 0. The van der Waals surface area contributed by atoms with E-state index in [0.717, 1.165) is 19.3 Å². The number of carbonyl (C=O) groups is 1. The number of amides is 1. The van der Waals surface area contributed by atoms with E-state index < -0.39 is 54.0 Å². The number of aliphatic hydroxyl groups is 2. The van der Waals surface area contributed by atoms with Crippen LogP contribution in [0.25, 0.3) is 11.2 Å². The number of nitrogen functional groups attached to an aromatic ring is 1. The van der Waals surface area contributed by atoms with Gasteiger partial charge in [0.05, 0.1) is 12.9 Å². The van der Waals surface area contributed by atoms with Crippen LogP contribution >= 0.6 is 0 Å². The van der Waals surface area contributed by atoms with Crippen molar-refractivity contribution in [2.24, 2.45) is 0 Å². The highest BCUT2D eigenvalue weighted by Crippen LogP contribution is 2.32. The minimum absolute atomic E-state index is 0.125. The van der Waals surface area contributed by atoms with Crippen LogP contribution in [-0.2, 0) is 28.8 Å². The molecule has 0 bridgehead atoms. The molecule has 1 aliphatic rings. The van der Waals surface area contributed by atoms with Crippen molar-refractivity contribution in [1.82, 2.24) is 24.2 Å². The van der Waals surface area contributed by atoms with Gasteiger partial charge in [-0.2, -0.15) is 8.42 Å². The van der Waals surface area contributed by atoms with Crippen LogP contribution in [-0.4, -0.2) is 82.2 Å². The lowest BCUT2D eigenvalue weighted by molar-refractivity contribution is -0.124. The van der Waals surface area contributed by atoms with E-state index in [1.165, 1.54) is 42.9 Å². The second kappa shape index (κ2) is 13.2. The largest absolute Gasteiger partial charge is 0.387 e. The van der Waals surface area contributed by atoms with Crippen LogP contribution in [0.1, 0.15) is 58.1 Å². The first kappa shape index (κ1) is 28.1. The van der Waals surface area contributed by atoms with Gasteiger partial charge in [0.1, 0.15) is 36.8 Å². The molecule has 0 unspecified atom stereocenters. The van der Waals surface area contributed by atoms with Gasteiger partial charge in [-0.3, -0.25) is 13.5 Å². The molecule has 3 rings (SSSR count). The second-order valence-corrected chi connectivity index (χ2v) is 9.92. The van der Waals surface area contributed by atoms with Crippen molar-refractivity contribution < 1.29 is 37.1 Å². The van der Waals surface area contributed by atoms with E-state index in [9.17, 15) is 23.4 Å². The van der Waals surface area contributed by atoms with E-state index in [1.54, 1.807) is 4.72 Å². The van der Waals surface area contributed by atoms with E-state index in [1.807, 2.05) is 0 Å². The summed E-state index contributed by atoms with van der Waals surface area (Å²) in [4.78, 5) is 23.8. The van der Waals surface area contributed by atoms with Crippen LogP contribution in [0.5, 0.6) is 0 Å². The van der Waals surface area contributed by atoms with E-state index in [4.69, 9.17) is 19.4 Å². The molecule has 0 saturated carbocycles. The third-order valence-electron chi connectivity index (χ3n) is 5.75. The van der Waals surface area contributed by atoms with Gasteiger partial charge in [-0.25, -0.2) is 19.7 Å². The number of nitrogens with two attached hydrogens (primary N) is 1. The Morgan fingerprint density at radius 1 is 1.14 bits per heavy atom. The molecule has 0 radical (unpaired) electrons. The van der Waals surface area contributed by atoms with E-state index in [-0.39, 0.29) is 17.0 Å². The highest BCUT2D eigenvalue weighted by atomic mass is 32.2. The Labute approximate surface area is 209 Å². The van der Waals surface area contributed by atoms with Gasteiger partial charge >= 0.3 is 10.3 Å². The van der Waals surface area contributed by atoms with Crippen molar-refractivity contribution in [3.05, 3.63) is 12.7 Å². The molecule has 36 heavy (non-hydrogen) atoms. The van der Waals surface area contributed by atoms with Gasteiger partial charge in [0, 0.05) is 6.61 Å². The first-order chi connectivity index (χ1) is 17.2. The summed E-state index contributed by atoms with van der Waals surface area (Å²) in [6.07, 6.45) is 4.91. The summed E-state index contributed by atoms with van der Waals surface area (Å²) in [5.74, 6) is -0.759.